The molecule has 0 spiro atoms. The van der Waals surface area contributed by atoms with E-state index in [2.05, 4.69) is 0 Å². The first-order valence-electron chi connectivity index (χ1n) is 7.54. The number of hydrogen-bond donors (Lipinski definition) is 1. The summed E-state index contributed by atoms with van der Waals surface area (Å²) < 4.78 is 20.8. The minimum Gasteiger partial charge on any atom is -0.655 e. The van der Waals surface area contributed by atoms with Crippen molar-refractivity contribution in [2.24, 2.45) is 0 Å². The van der Waals surface area contributed by atoms with E-state index in [1.165, 1.54) is 40.6 Å². The molecule has 0 aliphatic rings. The average molecular weight is 402 g/mol. The Balaban J connectivity index is 0.00000364. The van der Waals surface area contributed by atoms with Crippen molar-refractivity contribution < 1.29 is 63.2 Å². The largest absolute Gasteiger partial charge is 1.00 e. The first kappa shape index (κ1) is 23.7. The van der Waals surface area contributed by atoms with Gasteiger partial charge in [0.25, 0.3) is 0 Å². The maximum Gasteiger partial charge on any atom is 1.00 e. The number of benzene rings is 2. The monoisotopic (exact) mass is 402 g/mol. The summed E-state index contributed by atoms with van der Waals surface area (Å²) in [5.74, 6) is 1.56. The second kappa shape index (κ2) is 10.3. The van der Waals surface area contributed by atoms with Crippen LogP contribution in [0.1, 0.15) is 11.1 Å². The molecule has 2 aromatic rings. The summed E-state index contributed by atoms with van der Waals surface area (Å²) in [5.41, 5.74) is 1.32. The van der Waals surface area contributed by atoms with Crippen molar-refractivity contribution in [2.45, 2.75) is 0 Å². The van der Waals surface area contributed by atoms with Gasteiger partial charge in [-0.25, -0.2) is 0 Å². The number of hydrogen-bond acceptors (Lipinski definition) is 7. The Morgan fingerprint density at radius 3 is 1.74 bits per heavy atom. The molecule has 1 N–H and O–H groups in total. The van der Waals surface area contributed by atoms with Crippen LogP contribution in [0.3, 0.4) is 0 Å². The second-order valence-electron chi connectivity index (χ2n) is 5.24. The summed E-state index contributed by atoms with van der Waals surface area (Å²) >= 11 is 0. The summed E-state index contributed by atoms with van der Waals surface area (Å²) in [6, 6.07) is 8.00. The van der Waals surface area contributed by atoms with Gasteiger partial charge in [0.05, 0.1) is 36.4 Å². The predicted octanol–water partition coefficient (Wildman–Crippen LogP) is -2.00. The Labute approximate surface area is 181 Å². The third kappa shape index (κ3) is 5.83. The quantitative estimate of drug-likeness (QED) is 0.325. The molecule has 9 heteroatoms. The molecule has 0 radical (unpaired) electrons. The Kier molecular flexibility index (Phi) is 9.05. The Morgan fingerprint density at radius 2 is 1.30 bits per heavy atom. The van der Waals surface area contributed by atoms with Gasteiger partial charge < -0.3 is 28.7 Å². The maximum absolute atomic E-state index is 11.5. The first-order valence-corrected chi connectivity index (χ1v) is 9.12. The molecule has 27 heavy (non-hydrogen) atoms. The van der Waals surface area contributed by atoms with E-state index >= 15 is 0 Å². The van der Waals surface area contributed by atoms with Crippen LogP contribution < -0.4 is 63.6 Å². The SMILES string of the molecule is COc1ccc(/C=C/c2cc(OC)c(OC)c(OC)c2)cc1[P+]([O-])([O-])O.[Na+]. The smallest absolute Gasteiger partial charge is 0.655 e. The second-order valence-corrected chi connectivity index (χ2v) is 6.77. The predicted molar refractivity (Wildman–Crippen MR) is 96.8 cm³/mol. The average Bonchev–Trinajstić information content (AvgIpc) is 2.64. The molecule has 0 aromatic heterocycles. The Morgan fingerprint density at radius 1 is 0.778 bits per heavy atom. The van der Waals surface area contributed by atoms with E-state index in [4.69, 9.17) is 18.9 Å². The molecule has 0 heterocycles. The van der Waals surface area contributed by atoms with Crippen LogP contribution in [0.5, 0.6) is 23.0 Å². The number of ether oxygens (including phenoxy) is 4. The van der Waals surface area contributed by atoms with Gasteiger partial charge in [-0.3, -0.25) is 4.89 Å². The third-order valence-electron chi connectivity index (χ3n) is 3.66. The van der Waals surface area contributed by atoms with Crippen molar-refractivity contribution >= 4 is 25.4 Å². The zero-order chi connectivity index (χ0) is 19.3. The summed E-state index contributed by atoms with van der Waals surface area (Å²) in [4.78, 5) is 32.4. The fourth-order valence-electron chi connectivity index (χ4n) is 2.42. The molecule has 0 fully saturated rings. The van der Waals surface area contributed by atoms with Crippen molar-refractivity contribution in [3.05, 3.63) is 41.5 Å². The molecule has 2 aromatic carbocycles. The fourth-order valence-corrected chi connectivity index (χ4v) is 3.18. The Bertz CT molecular complexity index is 778. The number of methoxy groups -OCH3 is 4. The van der Waals surface area contributed by atoms with Gasteiger partial charge in [0.2, 0.25) is 5.75 Å². The fraction of sp³-hybridized carbons (Fsp3) is 0.222. The molecule has 140 valence electrons. The minimum absolute atomic E-state index is 0. The van der Waals surface area contributed by atoms with Crippen LogP contribution in [0, 0.1) is 0 Å². The van der Waals surface area contributed by atoms with Crippen LogP contribution in [0.25, 0.3) is 12.2 Å². The zero-order valence-corrected chi connectivity index (χ0v) is 18.8. The first-order chi connectivity index (χ1) is 12.3. The molecular formula is C18H20NaO7P. The summed E-state index contributed by atoms with van der Waals surface area (Å²) in [6.45, 7) is 0. The summed E-state index contributed by atoms with van der Waals surface area (Å²) in [7, 11) is 1.20. The number of rotatable bonds is 7. The molecule has 7 nitrogen and oxygen atoms in total. The Hall–Kier alpha value is -1.31. The van der Waals surface area contributed by atoms with Crippen LogP contribution in [-0.2, 0) is 0 Å². The van der Waals surface area contributed by atoms with Gasteiger partial charge in [-0.1, -0.05) is 18.2 Å². The maximum atomic E-state index is 11.5. The van der Waals surface area contributed by atoms with E-state index in [1.54, 1.807) is 30.4 Å². The molecular weight excluding hydrogens is 382 g/mol. The molecule has 0 saturated carbocycles. The molecule has 0 aliphatic heterocycles. The molecule has 0 atom stereocenters. The normalized spacial score (nSPS) is 11.1. The van der Waals surface area contributed by atoms with Gasteiger partial charge >= 0.3 is 29.6 Å². The van der Waals surface area contributed by atoms with Crippen molar-refractivity contribution in [3.63, 3.8) is 0 Å². The van der Waals surface area contributed by atoms with E-state index in [-0.39, 0.29) is 40.6 Å². The molecule has 0 saturated heterocycles. The van der Waals surface area contributed by atoms with Gasteiger partial charge in [-0.2, -0.15) is 0 Å². The van der Waals surface area contributed by atoms with Gasteiger partial charge in [0.15, 0.2) is 22.6 Å². The van der Waals surface area contributed by atoms with E-state index in [9.17, 15) is 14.7 Å². The summed E-state index contributed by atoms with van der Waals surface area (Å²) in [6.07, 6.45) is 3.45. The summed E-state index contributed by atoms with van der Waals surface area (Å²) in [5, 5.41) is -0.271. The van der Waals surface area contributed by atoms with Crippen molar-refractivity contribution in [3.8, 4) is 23.0 Å². The van der Waals surface area contributed by atoms with Crippen LogP contribution in [0.2, 0.25) is 0 Å². The van der Waals surface area contributed by atoms with Crippen molar-refractivity contribution in [2.75, 3.05) is 28.4 Å². The standard InChI is InChI=1S/C18H21O7P.Na/c1-22-14-8-7-12(11-17(14)26(19,20)21)5-6-13-9-15(23-2)18(25-4)16(10-13)24-3;/h5-11H,1-4H3,(H2,19,20,21);/q;+1/p-1/b6-5+;. The van der Waals surface area contributed by atoms with Gasteiger partial charge in [-0.15, -0.1) is 0 Å². The van der Waals surface area contributed by atoms with E-state index in [0.29, 0.717) is 22.8 Å². The van der Waals surface area contributed by atoms with Crippen LogP contribution in [0.4, 0.5) is 0 Å². The van der Waals surface area contributed by atoms with Gasteiger partial charge in [-0.05, 0) is 35.4 Å². The van der Waals surface area contributed by atoms with E-state index in [0.717, 1.165) is 5.56 Å². The van der Waals surface area contributed by atoms with Crippen molar-refractivity contribution in [1.82, 2.24) is 0 Å². The molecule has 2 rings (SSSR count). The minimum atomic E-state index is -4.70. The van der Waals surface area contributed by atoms with Crippen LogP contribution in [-0.4, -0.2) is 33.3 Å². The van der Waals surface area contributed by atoms with Gasteiger partial charge in [0, 0.05) is 0 Å². The van der Waals surface area contributed by atoms with Crippen molar-refractivity contribution in [1.29, 1.82) is 0 Å². The molecule has 0 amide bonds. The molecule has 0 unspecified atom stereocenters. The zero-order valence-electron chi connectivity index (χ0n) is 15.9. The van der Waals surface area contributed by atoms with E-state index in [1.807, 2.05) is 0 Å². The van der Waals surface area contributed by atoms with E-state index < -0.39 is 7.94 Å². The van der Waals surface area contributed by atoms with Crippen LogP contribution >= 0.6 is 7.94 Å². The molecule has 0 aliphatic carbocycles. The van der Waals surface area contributed by atoms with Crippen LogP contribution in [0.15, 0.2) is 30.3 Å². The topological polar surface area (TPSA) is 103 Å². The third-order valence-corrected chi connectivity index (χ3v) is 4.62. The van der Waals surface area contributed by atoms with Gasteiger partial charge in [0.1, 0.15) is 0 Å². The molecule has 0 bridgehead atoms.